The maximum atomic E-state index is 10.7. The molecule has 0 aromatic heterocycles. The molecule has 5 heteroatoms. The van der Waals surface area contributed by atoms with Crippen molar-refractivity contribution in [3.8, 4) is 0 Å². The molecule has 3 nitrogen and oxygen atoms in total. The van der Waals surface area contributed by atoms with Crippen LogP contribution in [-0.2, 0) is 4.57 Å². The molecule has 1 unspecified atom stereocenters. The lowest BCUT2D eigenvalue weighted by Gasteiger charge is -2.14. The lowest BCUT2D eigenvalue weighted by atomic mass is 10.4. The van der Waals surface area contributed by atoms with Crippen molar-refractivity contribution < 1.29 is 9.46 Å². The first kappa shape index (κ1) is 7.55. The first-order valence-corrected chi connectivity index (χ1v) is 5.40. The second-order valence-corrected chi connectivity index (χ2v) is 4.97. The van der Waals surface area contributed by atoms with Gasteiger partial charge in [0.1, 0.15) is 0 Å². The van der Waals surface area contributed by atoms with Gasteiger partial charge in [-0.3, -0.25) is 4.57 Å². The van der Waals surface area contributed by atoms with Crippen LogP contribution in [0.3, 0.4) is 0 Å². The first-order chi connectivity index (χ1) is 4.11. The highest BCUT2D eigenvalue weighted by Crippen LogP contribution is 2.51. The molecule has 0 aromatic carbocycles. The van der Waals surface area contributed by atoms with Gasteiger partial charge < -0.3 is 4.89 Å². The van der Waals surface area contributed by atoms with Crippen molar-refractivity contribution >= 4 is 18.1 Å². The quantitative estimate of drug-likeness (QED) is 0.604. The van der Waals surface area contributed by atoms with Gasteiger partial charge in [-0.15, -0.1) is 0 Å². The maximum absolute atomic E-state index is 10.7. The number of halogens is 1. The summed E-state index contributed by atoms with van der Waals surface area (Å²) in [7, 11) is 0. The minimum atomic E-state index is -3.41. The van der Waals surface area contributed by atoms with Gasteiger partial charge in [0.2, 0.25) is 0 Å². The molecule has 1 atom stereocenters. The summed E-state index contributed by atoms with van der Waals surface area (Å²) in [6, 6.07) is 0. The summed E-state index contributed by atoms with van der Waals surface area (Å²) in [5.41, 5.74) is 0. The Bertz CT molecular complexity index is 140. The Labute approximate surface area is 58.9 Å². The van der Waals surface area contributed by atoms with Crippen molar-refractivity contribution in [2.75, 3.05) is 13.1 Å². The van der Waals surface area contributed by atoms with E-state index in [0.29, 0.717) is 13.1 Å². The minimum Gasteiger partial charge on any atom is -0.322 e. The van der Waals surface area contributed by atoms with Crippen LogP contribution in [0.5, 0.6) is 0 Å². The lowest BCUT2D eigenvalue weighted by molar-refractivity contribution is 0.403. The number of hydrogen-bond donors (Lipinski definition) is 1. The van der Waals surface area contributed by atoms with Gasteiger partial charge in [0.15, 0.2) is 0 Å². The van der Waals surface area contributed by atoms with E-state index in [4.69, 9.17) is 16.1 Å². The van der Waals surface area contributed by atoms with Crippen LogP contribution in [0.1, 0.15) is 12.8 Å². The number of nitrogens with zero attached hydrogens (tertiary/aromatic N) is 1. The van der Waals surface area contributed by atoms with Crippen molar-refractivity contribution in [3.05, 3.63) is 0 Å². The average molecular weight is 170 g/mol. The molecule has 1 rings (SSSR count). The summed E-state index contributed by atoms with van der Waals surface area (Å²) < 4.78 is 12.1. The van der Waals surface area contributed by atoms with Gasteiger partial charge in [0.25, 0.3) is 0 Å². The summed E-state index contributed by atoms with van der Waals surface area (Å²) in [4.78, 5) is 8.76. The van der Waals surface area contributed by atoms with Crippen LogP contribution in [0.4, 0.5) is 0 Å². The van der Waals surface area contributed by atoms with E-state index in [0.717, 1.165) is 12.8 Å². The summed E-state index contributed by atoms with van der Waals surface area (Å²) in [6.45, 7) is -2.08. The topological polar surface area (TPSA) is 40.5 Å². The van der Waals surface area contributed by atoms with E-state index in [1.165, 1.54) is 4.67 Å². The van der Waals surface area contributed by atoms with E-state index in [-0.39, 0.29) is 0 Å². The molecule has 0 aliphatic carbocycles. The molecular weight excluding hydrogens is 160 g/mol. The fourth-order valence-electron chi connectivity index (χ4n) is 0.947. The van der Waals surface area contributed by atoms with E-state index in [1.807, 2.05) is 0 Å². The lowest BCUT2D eigenvalue weighted by Crippen LogP contribution is -2.11. The van der Waals surface area contributed by atoms with Crippen LogP contribution in [0, 0.1) is 0 Å². The molecular formula is C4H9ClNO2P. The fourth-order valence-corrected chi connectivity index (χ4v) is 2.18. The molecule has 0 aromatic rings. The van der Waals surface area contributed by atoms with Crippen LogP contribution >= 0.6 is 18.1 Å². The normalized spacial score (nSPS) is 28.2. The van der Waals surface area contributed by atoms with E-state index in [1.54, 1.807) is 0 Å². The molecule has 9 heavy (non-hydrogen) atoms. The predicted molar refractivity (Wildman–Crippen MR) is 36.5 cm³/mol. The van der Waals surface area contributed by atoms with Crippen LogP contribution < -0.4 is 0 Å². The van der Waals surface area contributed by atoms with Crippen LogP contribution in [0.15, 0.2) is 0 Å². The zero-order chi connectivity index (χ0) is 6.91. The summed E-state index contributed by atoms with van der Waals surface area (Å²) in [5.74, 6) is 0. The van der Waals surface area contributed by atoms with Crippen molar-refractivity contribution in [2.24, 2.45) is 0 Å². The summed E-state index contributed by atoms with van der Waals surface area (Å²) >= 11 is 5.18. The third kappa shape index (κ3) is 1.94. The molecule has 0 bridgehead atoms. The smallest absolute Gasteiger partial charge is 0.322 e. The largest absolute Gasteiger partial charge is 0.360 e. The zero-order valence-electron chi connectivity index (χ0n) is 4.96. The van der Waals surface area contributed by atoms with E-state index < -0.39 is 6.87 Å². The molecule has 1 saturated heterocycles. The highest BCUT2D eigenvalue weighted by molar-refractivity contribution is 7.82. The Balaban J connectivity index is 2.52. The third-order valence-corrected chi connectivity index (χ3v) is 3.17. The van der Waals surface area contributed by atoms with Gasteiger partial charge in [0, 0.05) is 13.1 Å². The van der Waals surface area contributed by atoms with Gasteiger partial charge in [-0.2, -0.15) is 0 Å². The molecule has 1 N–H and O–H groups in total. The Hall–Kier alpha value is 0.440. The Morgan fingerprint density at radius 2 is 1.89 bits per heavy atom. The Morgan fingerprint density at radius 1 is 1.44 bits per heavy atom. The van der Waals surface area contributed by atoms with Crippen molar-refractivity contribution in [1.82, 2.24) is 4.67 Å². The summed E-state index contributed by atoms with van der Waals surface area (Å²) in [6.07, 6.45) is 1.97. The number of rotatable bonds is 1. The van der Waals surface area contributed by atoms with Crippen LogP contribution in [0.25, 0.3) is 0 Å². The standard InChI is InChI=1S/C4H9ClNO2P/c5-9(7,8)6-3-1-2-4-6/h1-4H2,(H,7,8). The Kier molecular flexibility index (Phi) is 2.17. The molecule has 0 amide bonds. The van der Waals surface area contributed by atoms with Gasteiger partial charge in [-0.05, 0) is 24.1 Å². The van der Waals surface area contributed by atoms with Crippen molar-refractivity contribution in [2.45, 2.75) is 12.8 Å². The summed E-state index contributed by atoms with van der Waals surface area (Å²) in [5, 5.41) is 0. The van der Waals surface area contributed by atoms with Crippen LogP contribution in [0.2, 0.25) is 0 Å². The first-order valence-electron chi connectivity index (χ1n) is 2.88. The predicted octanol–water partition coefficient (Wildman–Crippen LogP) is 1.42. The minimum absolute atomic E-state index is 0.664. The van der Waals surface area contributed by atoms with Gasteiger partial charge >= 0.3 is 6.87 Å². The van der Waals surface area contributed by atoms with E-state index in [2.05, 4.69) is 0 Å². The molecule has 1 heterocycles. The fraction of sp³-hybridized carbons (Fsp3) is 1.00. The molecule has 1 fully saturated rings. The Morgan fingerprint density at radius 3 is 2.11 bits per heavy atom. The molecule has 54 valence electrons. The second-order valence-electron chi connectivity index (χ2n) is 2.13. The van der Waals surface area contributed by atoms with Gasteiger partial charge in [-0.1, -0.05) is 0 Å². The molecule has 0 saturated carbocycles. The third-order valence-electron chi connectivity index (χ3n) is 1.43. The van der Waals surface area contributed by atoms with E-state index >= 15 is 0 Å². The highest BCUT2D eigenvalue weighted by atomic mass is 35.7. The molecule has 1 aliphatic rings. The van der Waals surface area contributed by atoms with Crippen molar-refractivity contribution in [3.63, 3.8) is 0 Å². The molecule has 1 aliphatic heterocycles. The van der Waals surface area contributed by atoms with Crippen LogP contribution in [-0.4, -0.2) is 22.7 Å². The second kappa shape index (κ2) is 2.59. The highest BCUT2D eigenvalue weighted by Gasteiger charge is 2.27. The van der Waals surface area contributed by atoms with Gasteiger partial charge in [0.05, 0.1) is 0 Å². The number of hydrogen-bond acceptors (Lipinski definition) is 1. The molecule has 0 spiro atoms. The van der Waals surface area contributed by atoms with Gasteiger partial charge in [-0.25, -0.2) is 4.67 Å². The molecule has 0 radical (unpaired) electrons. The SMILES string of the molecule is O=P(O)(Cl)N1CCCC1. The average Bonchev–Trinajstić information content (AvgIpc) is 2.08. The van der Waals surface area contributed by atoms with E-state index in [9.17, 15) is 4.57 Å². The monoisotopic (exact) mass is 169 g/mol. The van der Waals surface area contributed by atoms with Crippen molar-refractivity contribution in [1.29, 1.82) is 0 Å². The zero-order valence-corrected chi connectivity index (χ0v) is 6.61. The maximum Gasteiger partial charge on any atom is 0.360 e.